The second-order valence-corrected chi connectivity index (χ2v) is 16.4. The minimum absolute atomic E-state index is 0.215. The Bertz CT molecular complexity index is 613. The molecule has 0 spiro atoms. The molecule has 2 aliphatic heterocycles. The van der Waals surface area contributed by atoms with Crippen molar-refractivity contribution in [3.8, 4) is 0 Å². The minimum atomic E-state index is -1.85. The van der Waals surface area contributed by atoms with Gasteiger partial charge in [-0.25, -0.2) is 0 Å². The molecular formula is C25H44O2Si. The summed E-state index contributed by atoms with van der Waals surface area (Å²) in [6, 6.07) is 0. The van der Waals surface area contributed by atoms with E-state index in [9.17, 15) is 0 Å². The molecule has 3 rings (SSSR count). The predicted molar refractivity (Wildman–Crippen MR) is 122 cm³/mol. The number of ether oxygens (including phenoxy) is 1. The molecule has 0 unspecified atom stereocenters. The molecule has 0 aromatic heterocycles. The second-order valence-electron chi connectivity index (χ2n) is 11.6. The summed E-state index contributed by atoms with van der Waals surface area (Å²) in [6.45, 7) is 23.4. The zero-order valence-corrected chi connectivity index (χ0v) is 20.7. The Morgan fingerprint density at radius 1 is 1.21 bits per heavy atom. The summed E-state index contributed by atoms with van der Waals surface area (Å²) in [5.74, 6) is 2.50. The molecule has 1 saturated carbocycles. The molecule has 1 aliphatic carbocycles. The van der Waals surface area contributed by atoms with Crippen LogP contribution in [0.5, 0.6) is 0 Å². The van der Waals surface area contributed by atoms with E-state index < -0.39 is 8.32 Å². The maximum absolute atomic E-state index is 7.07. The Kier molecular flexibility index (Phi) is 6.40. The largest absolute Gasteiger partial charge is 0.411 e. The monoisotopic (exact) mass is 404 g/mol. The molecule has 1 saturated heterocycles. The SMILES string of the molecule is C=C1CC[C@H](C(C)C)[C@H]2[C@H]3O[C@H](C/C(C)=C\CC[C@@H]3O[Si](C)(C)C(C)(C)C)[C@@H]12. The quantitative estimate of drug-likeness (QED) is 0.368. The minimum Gasteiger partial charge on any atom is -0.411 e. The molecule has 2 heterocycles. The standard InChI is InChI=1S/C25H44O2Si/c1-16(2)19-14-13-18(4)22-21-15-17(3)11-10-12-20(24(26-21)23(19)22)27-28(8,9)25(5,6)7/h11,16,19-24H,4,10,12-15H2,1-3,5-9H3/b17-11-/t19-,20+,21-,22-,23-,24+/m1/s1. The van der Waals surface area contributed by atoms with Gasteiger partial charge in [-0.1, -0.05) is 58.4 Å². The molecule has 3 aliphatic rings. The fraction of sp³-hybridized carbons (Fsp3) is 0.840. The van der Waals surface area contributed by atoms with Gasteiger partial charge in [0.2, 0.25) is 0 Å². The Labute approximate surface area is 175 Å². The van der Waals surface area contributed by atoms with Gasteiger partial charge in [-0.05, 0) is 74.9 Å². The molecule has 2 nitrogen and oxygen atoms in total. The third kappa shape index (κ3) is 4.22. The van der Waals surface area contributed by atoms with Gasteiger partial charge in [0.15, 0.2) is 8.32 Å². The topological polar surface area (TPSA) is 18.5 Å². The summed E-state index contributed by atoms with van der Waals surface area (Å²) in [4.78, 5) is 0. The molecule has 2 fully saturated rings. The number of fused-ring (bicyclic) bond motifs is 5. The van der Waals surface area contributed by atoms with Crippen molar-refractivity contribution in [2.45, 2.75) is 110 Å². The first kappa shape index (κ1) is 22.3. The molecule has 6 atom stereocenters. The highest BCUT2D eigenvalue weighted by atomic mass is 28.4. The highest BCUT2D eigenvalue weighted by molar-refractivity contribution is 6.74. The van der Waals surface area contributed by atoms with E-state index in [0.717, 1.165) is 25.2 Å². The molecule has 28 heavy (non-hydrogen) atoms. The summed E-state index contributed by atoms with van der Waals surface area (Å²) in [7, 11) is -1.85. The zero-order valence-electron chi connectivity index (χ0n) is 19.7. The van der Waals surface area contributed by atoms with Crippen LogP contribution in [-0.4, -0.2) is 26.6 Å². The zero-order chi connectivity index (χ0) is 20.9. The number of hydrogen-bond donors (Lipinski definition) is 0. The average molecular weight is 405 g/mol. The van der Waals surface area contributed by atoms with E-state index in [2.05, 4.69) is 67.3 Å². The molecule has 2 bridgehead atoms. The molecule has 0 aromatic rings. The van der Waals surface area contributed by atoms with Crippen molar-refractivity contribution in [3.63, 3.8) is 0 Å². The van der Waals surface area contributed by atoms with Gasteiger partial charge >= 0.3 is 0 Å². The van der Waals surface area contributed by atoms with Gasteiger partial charge in [-0.15, -0.1) is 0 Å². The Balaban J connectivity index is 1.98. The first-order chi connectivity index (χ1) is 12.9. The van der Waals surface area contributed by atoms with Crippen LogP contribution in [0, 0.1) is 23.7 Å². The van der Waals surface area contributed by atoms with Crippen LogP contribution in [0.1, 0.15) is 73.6 Å². The van der Waals surface area contributed by atoms with Crippen LogP contribution in [0.3, 0.4) is 0 Å². The van der Waals surface area contributed by atoms with Gasteiger partial charge in [0.05, 0.1) is 18.3 Å². The third-order valence-corrected chi connectivity index (χ3v) is 12.7. The summed E-state index contributed by atoms with van der Waals surface area (Å²) < 4.78 is 14.0. The maximum atomic E-state index is 7.07. The van der Waals surface area contributed by atoms with E-state index in [1.807, 2.05) is 0 Å². The van der Waals surface area contributed by atoms with Crippen LogP contribution in [0.15, 0.2) is 23.8 Å². The lowest BCUT2D eigenvalue weighted by atomic mass is 9.62. The van der Waals surface area contributed by atoms with Crippen LogP contribution >= 0.6 is 0 Å². The molecular weight excluding hydrogens is 360 g/mol. The van der Waals surface area contributed by atoms with Gasteiger partial charge in [0, 0.05) is 5.92 Å². The van der Waals surface area contributed by atoms with Crippen molar-refractivity contribution in [1.29, 1.82) is 0 Å². The van der Waals surface area contributed by atoms with Crippen LogP contribution in [0.25, 0.3) is 0 Å². The van der Waals surface area contributed by atoms with Crippen LogP contribution in [-0.2, 0) is 9.16 Å². The molecule has 0 aromatic carbocycles. The van der Waals surface area contributed by atoms with E-state index in [1.165, 1.54) is 24.0 Å². The highest BCUT2D eigenvalue weighted by Crippen LogP contribution is 2.53. The fourth-order valence-electron chi connectivity index (χ4n) is 5.61. The number of hydrogen-bond acceptors (Lipinski definition) is 2. The fourth-order valence-corrected chi connectivity index (χ4v) is 6.98. The van der Waals surface area contributed by atoms with Gasteiger partial charge in [0.25, 0.3) is 0 Å². The lowest BCUT2D eigenvalue weighted by Crippen LogP contribution is -2.50. The molecule has 0 N–H and O–H groups in total. The van der Waals surface area contributed by atoms with E-state index in [1.54, 1.807) is 0 Å². The lowest BCUT2D eigenvalue weighted by molar-refractivity contribution is -0.0525. The molecule has 3 heteroatoms. The van der Waals surface area contributed by atoms with E-state index in [-0.39, 0.29) is 17.2 Å². The lowest BCUT2D eigenvalue weighted by Gasteiger charge is -2.45. The third-order valence-electron chi connectivity index (χ3n) is 8.23. The van der Waals surface area contributed by atoms with Crippen molar-refractivity contribution in [1.82, 2.24) is 0 Å². The Hall–Kier alpha value is -0.383. The first-order valence-corrected chi connectivity index (χ1v) is 14.5. The van der Waals surface area contributed by atoms with Crippen molar-refractivity contribution < 1.29 is 9.16 Å². The highest BCUT2D eigenvalue weighted by Gasteiger charge is 2.55. The van der Waals surface area contributed by atoms with Crippen molar-refractivity contribution in [3.05, 3.63) is 23.8 Å². The van der Waals surface area contributed by atoms with Gasteiger partial charge in [-0.2, -0.15) is 0 Å². The number of allylic oxidation sites excluding steroid dienone is 1. The Morgan fingerprint density at radius 2 is 1.89 bits per heavy atom. The Morgan fingerprint density at radius 3 is 2.50 bits per heavy atom. The molecule has 160 valence electrons. The average Bonchev–Trinajstić information content (AvgIpc) is 2.94. The van der Waals surface area contributed by atoms with Crippen LogP contribution in [0.2, 0.25) is 18.1 Å². The maximum Gasteiger partial charge on any atom is 0.192 e. The predicted octanol–water partition coefficient (Wildman–Crippen LogP) is 7.13. The van der Waals surface area contributed by atoms with E-state index in [4.69, 9.17) is 9.16 Å². The van der Waals surface area contributed by atoms with Gasteiger partial charge in [-0.3, -0.25) is 0 Å². The second kappa shape index (κ2) is 8.04. The molecule has 0 radical (unpaired) electrons. The van der Waals surface area contributed by atoms with Crippen molar-refractivity contribution in [2.75, 3.05) is 0 Å². The normalized spacial score (nSPS) is 39.0. The van der Waals surface area contributed by atoms with Crippen molar-refractivity contribution >= 4 is 8.32 Å². The van der Waals surface area contributed by atoms with Crippen molar-refractivity contribution in [2.24, 2.45) is 23.7 Å². The van der Waals surface area contributed by atoms with E-state index >= 15 is 0 Å². The smallest absolute Gasteiger partial charge is 0.192 e. The summed E-state index contributed by atoms with van der Waals surface area (Å²) >= 11 is 0. The van der Waals surface area contributed by atoms with E-state index in [0.29, 0.717) is 23.9 Å². The first-order valence-electron chi connectivity index (χ1n) is 11.6. The van der Waals surface area contributed by atoms with Gasteiger partial charge in [0.1, 0.15) is 0 Å². The summed E-state index contributed by atoms with van der Waals surface area (Å²) in [6.07, 6.45) is 8.88. The van der Waals surface area contributed by atoms with Crippen LogP contribution < -0.4 is 0 Å². The van der Waals surface area contributed by atoms with Crippen LogP contribution in [0.4, 0.5) is 0 Å². The summed E-state index contributed by atoms with van der Waals surface area (Å²) in [5, 5.41) is 0.224. The van der Waals surface area contributed by atoms with Gasteiger partial charge < -0.3 is 9.16 Å². The number of rotatable bonds is 3. The molecule has 0 amide bonds. The summed E-state index contributed by atoms with van der Waals surface area (Å²) in [5.41, 5.74) is 2.92.